The SMILES string of the molecule is COc1ccc(CNC(=O)/C(C#N)=C/c2c[nH]c3nccc(-c4cc(F)cc(F)c4)c23)cc1OC. The summed E-state index contributed by atoms with van der Waals surface area (Å²) in [6.45, 7) is 0.154. The van der Waals surface area contributed by atoms with Crippen LogP contribution in [0.4, 0.5) is 8.78 Å². The number of nitrogens with zero attached hydrogens (tertiary/aromatic N) is 2. The van der Waals surface area contributed by atoms with Gasteiger partial charge in [0.15, 0.2) is 11.5 Å². The Kier molecular flexibility index (Phi) is 6.73. The monoisotopic (exact) mass is 474 g/mol. The van der Waals surface area contributed by atoms with Gasteiger partial charge in [-0.15, -0.1) is 0 Å². The molecule has 4 aromatic rings. The molecular weight excluding hydrogens is 454 g/mol. The largest absolute Gasteiger partial charge is 0.493 e. The number of aromatic nitrogens is 2. The number of nitriles is 1. The van der Waals surface area contributed by atoms with Crippen molar-refractivity contribution >= 4 is 23.0 Å². The van der Waals surface area contributed by atoms with Crippen LogP contribution >= 0.6 is 0 Å². The van der Waals surface area contributed by atoms with Crippen molar-refractivity contribution < 1.29 is 23.0 Å². The number of aromatic amines is 1. The Bertz CT molecular complexity index is 1470. The molecule has 1 amide bonds. The van der Waals surface area contributed by atoms with Crippen LogP contribution in [0.15, 0.2) is 60.4 Å². The fourth-order valence-electron chi connectivity index (χ4n) is 3.72. The fraction of sp³-hybridized carbons (Fsp3) is 0.115. The number of hydrogen-bond donors (Lipinski definition) is 2. The highest BCUT2D eigenvalue weighted by atomic mass is 19.1. The second kappa shape index (κ2) is 10.1. The van der Waals surface area contributed by atoms with Crippen LogP contribution in [0.25, 0.3) is 28.2 Å². The van der Waals surface area contributed by atoms with Crippen molar-refractivity contribution in [2.75, 3.05) is 14.2 Å². The Labute approximate surface area is 199 Å². The highest BCUT2D eigenvalue weighted by Crippen LogP contribution is 2.32. The zero-order valence-corrected chi connectivity index (χ0v) is 18.9. The Morgan fingerprint density at radius 3 is 2.54 bits per heavy atom. The molecule has 35 heavy (non-hydrogen) atoms. The maximum Gasteiger partial charge on any atom is 0.262 e. The Hall–Kier alpha value is -4.71. The third-order valence-electron chi connectivity index (χ3n) is 5.34. The number of H-pyrrole nitrogens is 1. The lowest BCUT2D eigenvalue weighted by atomic mass is 10.00. The van der Waals surface area contributed by atoms with Crippen LogP contribution in [0.2, 0.25) is 0 Å². The molecule has 0 spiro atoms. The molecule has 0 saturated carbocycles. The van der Waals surface area contributed by atoms with Gasteiger partial charge < -0.3 is 19.8 Å². The number of rotatable bonds is 7. The van der Waals surface area contributed by atoms with Crippen molar-refractivity contribution in [3.8, 4) is 28.7 Å². The van der Waals surface area contributed by atoms with Gasteiger partial charge in [0.2, 0.25) is 0 Å². The second-order valence-electron chi connectivity index (χ2n) is 7.53. The molecule has 7 nitrogen and oxygen atoms in total. The van der Waals surface area contributed by atoms with Crippen LogP contribution in [0, 0.1) is 23.0 Å². The molecule has 2 aromatic heterocycles. The molecule has 0 aliphatic rings. The smallest absolute Gasteiger partial charge is 0.262 e. The Morgan fingerprint density at radius 1 is 1.11 bits per heavy atom. The van der Waals surface area contributed by atoms with Crippen molar-refractivity contribution in [1.82, 2.24) is 15.3 Å². The van der Waals surface area contributed by atoms with Gasteiger partial charge >= 0.3 is 0 Å². The van der Waals surface area contributed by atoms with E-state index in [9.17, 15) is 18.8 Å². The number of carbonyl (C=O) groups excluding carboxylic acids is 1. The minimum Gasteiger partial charge on any atom is -0.493 e. The predicted octanol–water partition coefficient (Wildman–Crippen LogP) is 4.75. The van der Waals surface area contributed by atoms with Gasteiger partial charge in [0.25, 0.3) is 5.91 Å². The summed E-state index contributed by atoms with van der Waals surface area (Å²) in [5.41, 5.74) is 2.34. The molecule has 0 bridgehead atoms. The van der Waals surface area contributed by atoms with E-state index in [0.717, 1.165) is 11.6 Å². The van der Waals surface area contributed by atoms with Gasteiger partial charge in [0.1, 0.15) is 28.9 Å². The van der Waals surface area contributed by atoms with Crippen molar-refractivity contribution in [3.63, 3.8) is 0 Å². The van der Waals surface area contributed by atoms with E-state index in [2.05, 4.69) is 15.3 Å². The third-order valence-corrected chi connectivity index (χ3v) is 5.34. The third kappa shape index (κ3) is 4.96. The highest BCUT2D eigenvalue weighted by Gasteiger charge is 2.15. The van der Waals surface area contributed by atoms with E-state index >= 15 is 0 Å². The van der Waals surface area contributed by atoms with Crippen molar-refractivity contribution in [3.05, 3.63) is 83.2 Å². The predicted molar refractivity (Wildman–Crippen MR) is 126 cm³/mol. The van der Waals surface area contributed by atoms with Crippen LogP contribution in [0.3, 0.4) is 0 Å². The van der Waals surface area contributed by atoms with Gasteiger partial charge in [0, 0.05) is 36.0 Å². The summed E-state index contributed by atoms with van der Waals surface area (Å²) in [6, 6.07) is 11.9. The average molecular weight is 474 g/mol. The molecule has 0 atom stereocenters. The van der Waals surface area contributed by atoms with Crippen LogP contribution in [-0.4, -0.2) is 30.1 Å². The van der Waals surface area contributed by atoms with E-state index in [1.165, 1.54) is 38.6 Å². The van der Waals surface area contributed by atoms with Crippen LogP contribution in [0.1, 0.15) is 11.1 Å². The molecule has 2 aromatic carbocycles. The van der Waals surface area contributed by atoms with Gasteiger partial charge in [-0.2, -0.15) is 5.26 Å². The minimum absolute atomic E-state index is 0.147. The summed E-state index contributed by atoms with van der Waals surface area (Å²) >= 11 is 0. The molecular formula is C26H20F2N4O3. The van der Waals surface area contributed by atoms with Crippen LogP contribution in [-0.2, 0) is 11.3 Å². The normalized spacial score (nSPS) is 11.2. The maximum absolute atomic E-state index is 13.8. The van der Waals surface area contributed by atoms with Gasteiger partial charge in [-0.25, -0.2) is 13.8 Å². The summed E-state index contributed by atoms with van der Waals surface area (Å²) in [5, 5.41) is 12.9. The number of methoxy groups -OCH3 is 2. The van der Waals surface area contributed by atoms with Crippen molar-refractivity contribution in [2.45, 2.75) is 6.54 Å². The number of ether oxygens (including phenoxy) is 2. The molecule has 0 fully saturated rings. The standard InChI is InChI=1S/C26H20F2N4O3/c1-34-22-4-3-15(7-23(22)35-2)13-32-26(33)17(12-29)8-18-14-31-25-24(18)21(5-6-30-25)16-9-19(27)11-20(28)10-16/h3-11,14H,13H2,1-2H3,(H,30,31)(H,32,33)/b17-8+. The van der Waals surface area contributed by atoms with E-state index in [1.54, 1.807) is 30.5 Å². The molecule has 4 rings (SSSR count). The van der Waals surface area contributed by atoms with E-state index in [-0.39, 0.29) is 12.1 Å². The number of nitrogens with one attached hydrogen (secondary N) is 2. The van der Waals surface area contributed by atoms with Crippen molar-refractivity contribution in [1.29, 1.82) is 5.26 Å². The lowest BCUT2D eigenvalue weighted by molar-refractivity contribution is -0.117. The van der Waals surface area contributed by atoms with Crippen LogP contribution < -0.4 is 14.8 Å². The number of halogens is 2. The van der Waals surface area contributed by atoms with Crippen LogP contribution in [0.5, 0.6) is 11.5 Å². The number of pyridine rings is 1. The first-order chi connectivity index (χ1) is 16.9. The zero-order valence-electron chi connectivity index (χ0n) is 18.9. The summed E-state index contributed by atoms with van der Waals surface area (Å²) < 4.78 is 38.2. The van der Waals surface area contributed by atoms with Gasteiger partial charge in [0.05, 0.1) is 14.2 Å². The first-order valence-electron chi connectivity index (χ1n) is 10.5. The zero-order chi connectivity index (χ0) is 24.9. The molecule has 0 unspecified atom stereocenters. The van der Waals surface area contributed by atoms with Crippen molar-refractivity contribution in [2.24, 2.45) is 0 Å². The number of benzene rings is 2. The quantitative estimate of drug-likeness (QED) is 0.298. The lowest BCUT2D eigenvalue weighted by Gasteiger charge is -2.10. The first-order valence-corrected chi connectivity index (χ1v) is 10.5. The maximum atomic E-state index is 13.8. The van der Waals surface area contributed by atoms with Gasteiger partial charge in [-0.1, -0.05) is 6.07 Å². The second-order valence-corrected chi connectivity index (χ2v) is 7.53. The minimum atomic E-state index is -0.718. The van der Waals surface area contributed by atoms with E-state index in [4.69, 9.17) is 9.47 Å². The first kappa shape index (κ1) is 23.4. The van der Waals surface area contributed by atoms with E-state index < -0.39 is 17.5 Å². The number of hydrogen-bond acceptors (Lipinski definition) is 5. The molecule has 0 aliphatic heterocycles. The molecule has 0 radical (unpaired) electrons. The van der Waals surface area contributed by atoms with E-state index in [0.29, 0.717) is 39.2 Å². The van der Waals surface area contributed by atoms with Gasteiger partial charge in [-0.05, 0) is 53.1 Å². The Balaban J connectivity index is 1.64. The fourth-order valence-corrected chi connectivity index (χ4v) is 3.72. The molecule has 9 heteroatoms. The summed E-state index contributed by atoms with van der Waals surface area (Å²) in [6.07, 6.45) is 4.49. The number of fused-ring (bicyclic) bond motifs is 1. The van der Waals surface area contributed by atoms with E-state index in [1.807, 2.05) is 6.07 Å². The van der Waals surface area contributed by atoms with Gasteiger partial charge in [-0.3, -0.25) is 4.79 Å². The molecule has 2 N–H and O–H groups in total. The molecule has 0 saturated heterocycles. The number of amides is 1. The summed E-state index contributed by atoms with van der Waals surface area (Å²) in [7, 11) is 3.04. The molecule has 176 valence electrons. The highest BCUT2D eigenvalue weighted by molar-refractivity contribution is 6.06. The lowest BCUT2D eigenvalue weighted by Crippen LogP contribution is -2.24. The average Bonchev–Trinajstić information content (AvgIpc) is 3.27. The summed E-state index contributed by atoms with van der Waals surface area (Å²) in [4.78, 5) is 20.0. The Morgan fingerprint density at radius 2 is 1.86 bits per heavy atom. The molecule has 0 aliphatic carbocycles. The topological polar surface area (TPSA) is 100 Å². The summed E-state index contributed by atoms with van der Waals surface area (Å²) in [5.74, 6) is -0.946. The molecule has 2 heterocycles. The number of carbonyl (C=O) groups is 1.